The molecule has 2 aromatic carbocycles. The van der Waals surface area contributed by atoms with Crippen LogP contribution in [0.1, 0.15) is 38.2 Å². The Hall–Kier alpha value is -2.94. The fourth-order valence-electron chi connectivity index (χ4n) is 4.83. The number of halogens is 1. The standard InChI is InChI=1S/C27H28ClN3O4S/c1-18-5-4-16-31(18)36(33,34)21-11-8-19(9-12-21)23-6-3-7-25(29-23)30-26(32)27(14-15-27)20-10-13-24(35-2)22(28)17-20/h3,6-13,17-18H,4-5,14-16H2,1-2H3,(H,29,30,32)/t18-/m0/s1. The van der Waals surface area contributed by atoms with Gasteiger partial charge in [-0.1, -0.05) is 35.9 Å². The Balaban J connectivity index is 1.33. The van der Waals surface area contributed by atoms with E-state index in [2.05, 4.69) is 10.3 Å². The van der Waals surface area contributed by atoms with Crippen LogP contribution in [0.25, 0.3) is 11.3 Å². The third-order valence-corrected chi connectivity index (χ3v) is 9.45. The molecule has 1 aromatic heterocycles. The van der Waals surface area contributed by atoms with Crippen LogP contribution in [0.3, 0.4) is 0 Å². The second-order valence-corrected chi connectivity index (χ2v) is 11.7. The molecule has 9 heteroatoms. The topological polar surface area (TPSA) is 88.6 Å². The van der Waals surface area contributed by atoms with Gasteiger partial charge in [-0.25, -0.2) is 13.4 Å². The van der Waals surface area contributed by atoms with Crippen LogP contribution < -0.4 is 10.1 Å². The summed E-state index contributed by atoms with van der Waals surface area (Å²) in [5.74, 6) is 0.875. The van der Waals surface area contributed by atoms with Crippen molar-refractivity contribution < 1.29 is 17.9 Å². The van der Waals surface area contributed by atoms with Gasteiger partial charge in [0.05, 0.1) is 28.1 Å². The van der Waals surface area contributed by atoms with Crippen molar-refractivity contribution in [2.24, 2.45) is 0 Å². The molecule has 1 saturated heterocycles. The van der Waals surface area contributed by atoms with Crippen molar-refractivity contribution in [2.75, 3.05) is 19.0 Å². The first-order chi connectivity index (χ1) is 17.2. The van der Waals surface area contributed by atoms with Crippen molar-refractivity contribution >= 4 is 33.3 Å². The largest absolute Gasteiger partial charge is 0.495 e. The van der Waals surface area contributed by atoms with Gasteiger partial charge < -0.3 is 10.1 Å². The zero-order valence-corrected chi connectivity index (χ0v) is 21.8. The summed E-state index contributed by atoms with van der Waals surface area (Å²) in [4.78, 5) is 18.1. The molecule has 0 bridgehead atoms. The summed E-state index contributed by atoms with van der Waals surface area (Å²) in [6.07, 6.45) is 3.22. The van der Waals surface area contributed by atoms with Crippen LogP contribution in [0.2, 0.25) is 5.02 Å². The molecular formula is C27H28ClN3O4S. The Kier molecular flexibility index (Phi) is 6.53. The molecule has 0 unspecified atom stereocenters. The zero-order valence-electron chi connectivity index (χ0n) is 20.2. The molecule has 1 N–H and O–H groups in total. The van der Waals surface area contributed by atoms with E-state index in [0.717, 1.165) is 36.8 Å². The third-order valence-electron chi connectivity index (χ3n) is 7.13. The van der Waals surface area contributed by atoms with Crippen LogP contribution in [-0.2, 0) is 20.2 Å². The van der Waals surface area contributed by atoms with Crippen LogP contribution in [0.5, 0.6) is 5.75 Å². The average molecular weight is 526 g/mol. The second-order valence-electron chi connectivity index (χ2n) is 9.43. The molecule has 2 fully saturated rings. The molecule has 1 aliphatic heterocycles. The summed E-state index contributed by atoms with van der Waals surface area (Å²) in [5, 5.41) is 3.42. The number of hydrogen-bond acceptors (Lipinski definition) is 5. The lowest BCUT2D eigenvalue weighted by Crippen LogP contribution is -2.33. The minimum absolute atomic E-state index is 0.0142. The van der Waals surface area contributed by atoms with Crippen molar-refractivity contribution in [1.29, 1.82) is 0 Å². The van der Waals surface area contributed by atoms with Crippen LogP contribution >= 0.6 is 11.6 Å². The maximum atomic E-state index is 13.2. The Morgan fingerprint density at radius 3 is 2.50 bits per heavy atom. The van der Waals surface area contributed by atoms with E-state index in [1.807, 2.05) is 25.1 Å². The van der Waals surface area contributed by atoms with Crippen LogP contribution in [0.4, 0.5) is 5.82 Å². The van der Waals surface area contributed by atoms with E-state index in [0.29, 0.717) is 28.8 Å². The van der Waals surface area contributed by atoms with E-state index in [-0.39, 0.29) is 16.8 Å². The van der Waals surface area contributed by atoms with E-state index in [4.69, 9.17) is 16.3 Å². The van der Waals surface area contributed by atoms with Crippen LogP contribution in [-0.4, -0.2) is 43.3 Å². The fraction of sp³-hybridized carbons (Fsp3) is 0.333. The summed E-state index contributed by atoms with van der Waals surface area (Å²) in [6.45, 7) is 2.50. The molecule has 1 aliphatic carbocycles. The molecule has 3 aromatic rings. The number of amides is 1. The zero-order chi connectivity index (χ0) is 25.5. The quantitative estimate of drug-likeness (QED) is 0.455. The van der Waals surface area contributed by atoms with Gasteiger partial charge in [0, 0.05) is 18.2 Å². The van der Waals surface area contributed by atoms with Gasteiger partial charge in [0.1, 0.15) is 11.6 Å². The number of hydrogen-bond donors (Lipinski definition) is 1. The Morgan fingerprint density at radius 1 is 1.14 bits per heavy atom. The molecule has 0 radical (unpaired) electrons. The van der Waals surface area contributed by atoms with Gasteiger partial charge in [0.2, 0.25) is 15.9 Å². The smallest absolute Gasteiger partial charge is 0.243 e. The number of carbonyl (C=O) groups is 1. The Bertz CT molecular complexity index is 1400. The predicted molar refractivity (Wildman–Crippen MR) is 140 cm³/mol. The molecule has 1 atom stereocenters. The van der Waals surface area contributed by atoms with Gasteiger partial charge in [0.25, 0.3) is 0 Å². The van der Waals surface area contributed by atoms with E-state index in [1.165, 1.54) is 0 Å². The Labute approximate surface area is 216 Å². The lowest BCUT2D eigenvalue weighted by atomic mass is 9.95. The van der Waals surface area contributed by atoms with Crippen molar-refractivity contribution in [3.8, 4) is 17.0 Å². The summed E-state index contributed by atoms with van der Waals surface area (Å²) in [6, 6.07) is 17.6. The highest BCUT2D eigenvalue weighted by atomic mass is 35.5. The number of nitrogens with zero attached hydrogens (tertiary/aromatic N) is 2. The van der Waals surface area contributed by atoms with Gasteiger partial charge >= 0.3 is 0 Å². The van der Waals surface area contributed by atoms with Crippen molar-refractivity contribution in [3.05, 3.63) is 71.2 Å². The lowest BCUT2D eigenvalue weighted by Gasteiger charge is -2.21. The van der Waals surface area contributed by atoms with E-state index in [1.54, 1.807) is 53.9 Å². The van der Waals surface area contributed by atoms with Crippen LogP contribution in [0.15, 0.2) is 65.6 Å². The first-order valence-electron chi connectivity index (χ1n) is 12.0. The summed E-state index contributed by atoms with van der Waals surface area (Å²) < 4.78 is 32.8. The van der Waals surface area contributed by atoms with Gasteiger partial charge in [-0.15, -0.1) is 0 Å². The SMILES string of the molecule is COc1ccc(C2(C(=O)Nc3cccc(-c4ccc(S(=O)(=O)N5CCC[C@@H]5C)cc4)n3)CC2)cc1Cl. The number of anilines is 1. The van der Waals surface area contributed by atoms with Gasteiger partial charge in [-0.2, -0.15) is 4.31 Å². The van der Waals surface area contributed by atoms with E-state index in [9.17, 15) is 13.2 Å². The second kappa shape index (κ2) is 9.50. The predicted octanol–water partition coefficient (Wildman–Crippen LogP) is 5.25. The summed E-state index contributed by atoms with van der Waals surface area (Å²) >= 11 is 6.29. The molecule has 1 amide bonds. The fourth-order valence-corrected chi connectivity index (χ4v) is 6.79. The number of sulfonamides is 1. The molecule has 5 rings (SSSR count). The number of methoxy groups -OCH3 is 1. The molecule has 1 saturated carbocycles. The lowest BCUT2D eigenvalue weighted by molar-refractivity contribution is -0.118. The first-order valence-corrected chi connectivity index (χ1v) is 13.8. The van der Waals surface area contributed by atoms with Crippen molar-refractivity contribution in [1.82, 2.24) is 9.29 Å². The number of carbonyl (C=O) groups excluding carboxylic acids is 1. The number of ether oxygens (including phenoxy) is 1. The summed E-state index contributed by atoms with van der Waals surface area (Å²) in [5.41, 5.74) is 1.63. The van der Waals surface area contributed by atoms with Gasteiger partial charge in [-0.05, 0) is 74.6 Å². The van der Waals surface area contributed by atoms with E-state index >= 15 is 0 Å². The number of pyridine rings is 1. The number of benzene rings is 2. The van der Waals surface area contributed by atoms with Gasteiger partial charge in [-0.3, -0.25) is 4.79 Å². The maximum Gasteiger partial charge on any atom is 0.243 e. The minimum Gasteiger partial charge on any atom is -0.495 e. The average Bonchev–Trinajstić information content (AvgIpc) is 3.58. The number of rotatable bonds is 7. The monoisotopic (exact) mass is 525 g/mol. The normalized spacial score (nSPS) is 19.1. The molecule has 36 heavy (non-hydrogen) atoms. The van der Waals surface area contributed by atoms with Crippen molar-refractivity contribution in [3.63, 3.8) is 0 Å². The maximum absolute atomic E-state index is 13.2. The molecule has 2 aliphatic rings. The van der Waals surface area contributed by atoms with Gasteiger partial charge in [0.15, 0.2) is 0 Å². The van der Waals surface area contributed by atoms with Crippen LogP contribution in [0, 0.1) is 0 Å². The molecule has 0 spiro atoms. The highest BCUT2D eigenvalue weighted by molar-refractivity contribution is 7.89. The highest BCUT2D eigenvalue weighted by Crippen LogP contribution is 2.50. The summed E-state index contributed by atoms with van der Waals surface area (Å²) in [7, 11) is -1.96. The first kappa shape index (κ1) is 24.7. The number of aromatic nitrogens is 1. The molecule has 2 heterocycles. The highest BCUT2D eigenvalue weighted by Gasteiger charge is 2.51. The number of nitrogens with one attached hydrogen (secondary N) is 1. The Morgan fingerprint density at radius 2 is 1.89 bits per heavy atom. The molecular weight excluding hydrogens is 498 g/mol. The van der Waals surface area contributed by atoms with Crippen molar-refractivity contribution in [2.45, 2.75) is 49.0 Å². The molecule has 7 nitrogen and oxygen atoms in total. The molecule has 188 valence electrons. The third kappa shape index (κ3) is 4.49. The van der Waals surface area contributed by atoms with E-state index < -0.39 is 15.4 Å². The minimum atomic E-state index is -3.52.